The summed E-state index contributed by atoms with van der Waals surface area (Å²) in [5, 5.41) is 3.40. The zero-order chi connectivity index (χ0) is 7.40. The molecule has 0 radical (unpaired) electrons. The molecule has 0 fully saturated rings. The van der Waals surface area contributed by atoms with E-state index in [0.717, 1.165) is 0 Å². The Hall–Kier alpha value is -1.20. The van der Waals surface area contributed by atoms with Gasteiger partial charge in [-0.1, -0.05) is 0 Å². The lowest BCUT2D eigenvalue weighted by atomic mass is 10.6. The van der Waals surface area contributed by atoms with E-state index in [-0.39, 0.29) is 11.8 Å². The fourth-order valence-electron chi connectivity index (χ4n) is 0.450. The molecule has 1 rings (SSSR count). The third kappa shape index (κ3) is 2.92. The van der Waals surface area contributed by atoms with E-state index in [9.17, 15) is 9.59 Å². The number of aldehydes is 1. The topological polar surface area (TPSA) is 74.9 Å². The van der Waals surface area contributed by atoms with Crippen LogP contribution in [0, 0.1) is 0 Å². The molecule has 60 valence electrons. The lowest BCUT2D eigenvalue weighted by Gasteiger charge is -1.91. The van der Waals surface area contributed by atoms with Gasteiger partial charge in [0.05, 0.1) is 0 Å². The van der Waals surface area contributed by atoms with Crippen molar-refractivity contribution in [3.05, 3.63) is 16.8 Å². The van der Waals surface area contributed by atoms with Crippen molar-refractivity contribution in [2.45, 2.75) is 0 Å². The summed E-state index contributed by atoms with van der Waals surface area (Å²) in [4.78, 5) is 20.1. The molecule has 11 heavy (non-hydrogen) atoms. The van der Waals surface area contributed by atoms with E-state index in [1.807, 2.05) is 0 Å². The number of carbonyl (C=O) groups is 2. The van der Waals surface area contributed by atoms with Gasteiger partial charge in [0.15, 0.2) is 0 Å². The Morgan fingerprint density at radius 2 is 2.36 bits per heavy atom. The zero-order valence-corrected chi connectivity index (χ0v) is 6.26. The van der Waals surface area contributed by atoms with Gasteiger partial charge in [0.2, 0.25) is 6.29 Å². The molecule has 0 spiro atoms. The number of esters is 1. The Bertz CT molecular complexity index is 229. The summed E-state index contributed by atoms with van der Waals surface area (Å²) in [6.45, 7) is 0. The first-order chi connectivity index (χ1) is 4.83. The van der Waals surface area contributed by atoms with Crippen LogP contribution in [0.3, 0.4) is 0 Å². The van der Waals surface area contributed by atoms with Crippen molar-refractivity contribution >= 4 is 23.6 Å². The molecule has 4 nitrogen and oxygen atoms in total. The maximum absolute atomic E-state index is 10.3. The monoisotopic (exact) mass is 174 g/mol. The van der Waals surface area contributed by atoms with Gasteiger partial charge in [0.25, 0.3) is 0 Å². The molecule has 0 atom stereocenters. The molecule has 0 aliphatic heterocycles. The number of rotatable bonds is 2. The van der Waals surface area contributed by atoms with Gasteiger partial charge in [-0.25, -0.2) is 4.79 Å². The van der Waals surface area contributed by atoms with Crippen molar-refractivity contribution in [1.82, 2.24) is 0 Å². The summed E-state index contributed by atoms with van der Waals surface area (Å²) in [5.74, 6) is -0.444. The van der Waals surface area contributed by atoms with E-state index in [0.29, 0.717) is 5.75 Å². The fraction of sp³-hybridized carbons (Fsp3) is 0. The molecule has 0 saturated carbocycles. The van der Waals surface area contributed by atoms with E-state index < -0.39 is 5.97 Å². The molecule has 0 saturated heterocycles. The Balaban J connectivity index is 0.000001000. The van der Waals surface area contributed by atoms with Gasteiger partial charge in [-0.15, -0.1) is 11.3 Å². The lowest BCUT2D eigenvalue weighted by molar-refractivity contribution is -0.141. The Labute approximate surface area is 66.7 Å². The highest BCUT2D eigenvalue weighted by molar-refractivity contribution is 7.08. The van der Waals surface area contributed by atoms with Crippen molar-refractivity contribution in [2.75, 3.05) is 0 Å². The molecule has 5 heteroatoms. The molecule has 1 heterocycles. The smallest absolute Gasteiger partial charge is 0.376 e. The number of carbonyl (C=O) groups excluding carboxylic acids is 2. The molecule has 0 bridgehead atoms. The van der Waals surface area contributed by atoms with E-state index in [1.165, 1.54) is 11.3 Å². The van der Waals surface area contributed by atoms with E-state index in [2.05, 4.69) is 4.74 Å². The van der Waals surface area contributed by atoms with Gasteiger partial charge in [-0.2, -0.15) is 0 Å². The maximum atomic E-state index is 10.3. The van der Waals surface area contributed by atoms with Gasteiger partial charge >= 0.3 is 5.97 Å². The van der Waals surface area contributed by atoms with Crippen LogP contribution in [0.4, 0.5) is 0 Å². The standard InChI is InChI=1S/C6H4O3S.H2O/c7-3-6(8)9-5-1-2-10-4-5;/h1-4H;1H2. The van der Waals surface area contributed by atoms with Crippen molar-refractivity contribution in [1.29, 1.82) is 0 Å². The minimum Gasteiger partial charge on any atom is -0.420 e. The molecule has 0 aliphatic carbocycles. The van der Waals surface area contributed by atoms with Crippen LogP contribution in [0.5, 0.6) is 5.75 Å². The third-order valence-corrected chi connectivity index (χ3v) is 1.47. The minimum atomic E-state index is -0.863. The predicted octanol–water partition coefficient (Wildman–Crippen LogP) is 0.0277. The summed E-state index contributed by atoms with van der Waals surface area (Å²) >= 11 is 1.40. The van der Waals surface area contributed by atoms with Crippen molar-refractivity contribution in [3.8, 4) is 5.75 Å². The molecule has 1 aromatic heterocycles. The van der Waals surface area contributed by atoms with Crippen molar-refractivity contribution < 1.29 is 19.8 Å². The molecule has 1 aromatic rings. The van der Waals surface area contributed by atoms with Crippen LogP contribution in [0.2, 0.25) is 0 Å². The number of thiophene rings is 1. The lowest BCUT2D eigenvalue weighted by Crippen LogP contribution is -2.07. The Kier molecular flexibility index (Phi) is 4.09. The van der Waals surface area contributed by atoms with Crippen LogP contribution >= 0.6 is 11.3 Å². The van der Waals surface area contributed by atoms with Gasteiger partial charge in [-0.3, -0.25) is 4.79 Å². The summed E-state index contributed by atoms with van der Waals surface area (Å²) in [5.41, 5.74) is 0. The first-order valence-corrected chi connectivity index (χ1v) is 3.46. The molecule has 0 aliphatic rings. The highest BCUT2D eigenvalue weighted by Gasteiger charge is 2.00. The molecular formula is C6H6O4S. The number of hydrogen-bond acceptors (Lipinski definition) is 4. The number of ether oxygens (including phenoxy) is 1. The summed E-state index contributed by atoms with van der Waals surface area (Å²) in [6.07, 6.45) is 0.137. The van der Waals surface area contributed by atoms with Crippen molar-refractivity contribution in [2.24, 2.45) is 0 Å². The van der Waals surface area contributed by atoms with Gasteiger partial charge in [0.1, 0.15) is 5.75 Å². The maximum Gasteiger partial charge on any atom is 0.376 e. The van der Waals surface area contributed by atoms with Crippen LogP contribution in [0.25, 0.3) is 0 Å². The molecule has 0 amide bonds. The van der Waals surface area contributed by atoms with Crippen LogP contribution in [-0.2, 0) is 9.59 Å². The second kappa shape index (κ2) is 4.59. The molecule has 0 unspecified atom stereocenters. The van der Waals surface area contributed by atoms with E-state index in [4.69, 9.17) is 0 Å². The highest BCUT2D eigenvalue weighted by atomic mass is 32.1. The second-order valence-electron chi connectivity index (χ2n) is 1.50. The molecular weight excluding hydrogens is 168 g/mol. The van der Waals surface area contributed by atoms with Crippen LogP contribution < -0.4 is 4.74 Å². The van der Waals surface area contributed by atoms with Crippen LogP contribution in [0.1, 0.15) is 0 Å². The van der Waals surface area contributed by atoms with Gasteiger partial charge in [0, 0.05) is 5.38 Å². The normalized spacial score (nSPS) is 8.00. The first kappa shape index (κ1) is 9.80. The highest BCUT2D eigenvalue weighted by Crippen LogP contribution is 2.14. The second-order valence-corrected chi connectivity index (χ2v) is 2.28. The predicted molar refractivity (Wildman–Crippen MR) is 39.6 cm³/mol. The third-order valence-electron chi connectivity index (χ3n) is 0.810. The van der Waals surface area contributed by atoms with Gasteiger partial charge < -0.3 is 10.2 Å². The largest absolute Gasteiger partial charge is 0.420 e. The minimum absolute atomic E-state index is 0. The molecule has 0 aromatic carbocycles. The van der Waals surface area contributed by atoms with Crippen molar-refractivity contribution in [3.63, 3.8) is 0 Å². The number of hydrogen-bond donors (Lipinski definition) is 0. The average Bonchev–Trinajstić information content (AvgIpc) is 2.40. The summed E-state index contributed by atoms with van der Waals surface area (Å²) in [6, 6.07) is 1.62. The van der Waals surface area contributed by atoms with Crippen LogP contribution in [0.15, 0.2) is 16.8 Å². The first-order valence-electron chi connectivity index (χ1n) is 2.52. The Morgan fingerprint density at radius 3 is 2.82 bits per heavy atom. The Morgan fingerprint density at radius 1 is 1.64 bits per heavy atom. The quantitative estimate of drug-likeness (QED) is 0.360. The van der Waals surface area contributed by atoms with Crippen LogP contribution in [-0.4, -0.2) is 17.7 Å². The summed E-state index contributed by atoms with van der Waals surface area (Å²) in [7, 11) is 0. The van der Waals surface area contributed by atoms with E-state index >= 15 is 0 Å². The van der Waals surface area contributed by atoms with Gasteiger partial charge in [-0.05, 0) is 11.4 Å². The van der Waals surface area contributed by atoms with E-state index in [1.54, 1.807) is 16.8 Å². The SMILES string of the molecule is O.O=CC(=O)Oc1ccsc1. The zero-order valence-electron chi connectivity index (χ0n) is 5.44. The molecule has 2 N–H and O–H groups in total. The fourth-order valence-corrected chi connectivity index (χ4v) is 1.00. The average molecular weight is 174 g/mol. The summed E-state index contributed by atoms with van der Waals surface area (Å²) < 4.78 is 4.51.